The zero-order chi connectivity index (χ0) is 15.9. The normalized spacial score (nSPS) is 14.4. The highest BCUT2D eigenvalue weighted by Gasteiger charge is 2.28. The van der Waals surface area contributed by atoms with Gasteiger partial charge in [0, 0.05) is 18.6 Å². The molecule has 5 nitrogen and oxygen atoms in total. The van der Waals surface area contributed by atoms with Gasteiger partial charge in [-0.2, -0.15) is 0 Å². The molecule has 3 N–H and O–H groups in total. The Labute approximate surface area is 125 Å². The third-order valence-corrected chi connectivity index (χ3v) is 3.33. The van der Waals surface area contributed by atoms with Crippen molar-refractivity contribution in [2.24, 2.45) is 0 Å². The van der Waals surface area contributed by atoms with Crippen LogP contribution in [-0.4, -0.2) is 35.0 Å². The third-order valence-electron chi connectivity index (χ3n) is 3.33. The highest BCUT2D eigenvalue weighted by molar-refractivity contribution is 5.68. The van der Waals surface area contributed by atoms with E-state index in [9.17, 15) is 9.59 Å². The largest absolute Gasteiger partial charge is 0.481 e. The molecule has 0 aliphatic carbocycles. The van der Waals surface area contributed by atoms with Gasteiger partial charge in [0.1, 0.15) is 6.29 Å². The van der Waals surface area contributed by atoms with Gasteiger partial charge in [0.15, 0.2) is 0 Å². The number of nitrogens with one attached hydrogen (secondary N) is 2. The number of carbonyl (C=O) groups is 2. The smallest absolute Gasteiger partial charge is 0.305 e. The maximum Gasteiger partial charge on any atom is 0.305 e. The number of aldehydes is 1. The number of benzene rings is 1. The lowest BCUT2D eigenvalue weighted by Gasteiger charge is -2.31. The molecule has 0 aliphatic heterocycles. The molecule has 1 rings (SSSR count). The number of hydrogen-bond donors (Lipinski definition) is 3. The van der Waals surface area contributed by atoms with E-state index in [-0.39, 0.29) is 6.42 Å². The molecule has 0 bridgehead atoms. The molecule has 1 unspecified atom stereocenters. The van der Waals surface area contributed by atoms with Crippen LogP contribution >= 0.6 is 0 Å². The second-order valence-corrected chi connectivity index (χ2v) is 6.18. The molecular weight excluding hydrogens is 268 g/mol. The molecule has 21 heavy (non-hydrogen) atoms. The summed E-state index contributed by atoms with van der Waals surface area (Å²) >= 11 is 0. The zero-order valence-electron chi connectivity index (χ0n) is 12.8. The summed E-state index contributed by atoms with van der Waals surface area (Å²) in [6.45, 7) is 6.36. The Balaban J connectivity index is 2.55. The minimum Gasteiger partial charge on any atom is -0.481 e. The quantitative estimate of drug-likeness (QED) is 0.602. The maximum atomic E-state index is 11.4. The topological polar surface area (TPSA) is 78.4 Å². The van der Waals surface area contributed by atoms with Crippen LogP contribution in [0.3, 0.4) is 0 Å². The van der Waals surface area contributed by atoms with E-state index < -0.39 is 17.0 Å². The summed E-state index contributed by atoms with van der Waals surface area (Å²) in [5.74, 6) is -0.863. The van der Waals surface area contributed by atoms with Crippen molar-refractivity contribution in [3.05, 3.63) is 35.9 Å². The van der Waals surface area contributed by atoms with Crippen LogP contribution in [0, 0.1) is 0 Å². The number of carboxylic acids is 1. The Kier molecular flexibility index (Phi) is 6.05. The number of carboxylic acid groups (broad SMARTS) is 1. The van der Waals surface area contributed by atoms with Gasteiger partial charge in [0.05, 0.1) is 12.0 Å². The molecule has 0 radical (unpaired) electrons. The zero-order valence-corrected chi connectivity index (χ0v) is 12.8. The Morgan fingerprint density at radius 3 is 2.33 bits per heavy atom. The van der Waals surface area contributed by atoms with Crippen molar-refractivity contribution in [3.8, 4) is 0 Å². The Morgan fingerprint density at radius 2 is 1.81 bits per heavy atom. The molecule has 0 heterocycles. The van der Waals surface area contributed by atoms with Crippen LogP contribution in [-0.2, 0) is 16.1 Å². The summed E-state index contributed by atoms with van der Waals surface area (Å²) in [7, 11) is 0. The molecule has 0 aliphatic rings. The van der Waals surface area contributed by atoms with Gasteiger partial charge in [-0.05, 0) is 26.3 Å². The van der Waals surface area contributed by atoms with Crippen molar-refractivity contribution >= 4 is 12.3 Å². The lowest BCUT2D eigenvalue weighted by molar-refractivity contribution is -0.138. The first kappa shape index (κ1) is 17.3. The summed E-state index contributed by atoms with van der Waals surface area (Å²) in [5, 5.41) is 15.2. The summed E-state index contributed by atoms with van der Waals surface area (Å²) < 4.78 is 0. The molecule has 0 spiro atoms. The first-order chi connectivity index (χ1) is 9.76. The highest BCUT2D eigenvalue weighted by atomic mass is 16.4. The number of rotatable bonds is 9. The second kappa shape index (κ2) is 7.33. The van der Waals surface area contributed by atoms with Gasteiger partial charge in [0.2, 0.25) is 0 Å². The first-order valence-electron chi connectivity index (χ1n) is 6.98. The Hall–Kier alpha value is -1.72. The van der Waals surface area contributed by atoms with E-state index >= 15 is 0 Å². The lowest BCUT2D eigenvalue weighted by Crippen LogP contribution is -2.56. The van der Waals surface area contributed by atoms with Crippen LogP contribution in [0.25, 0.3) is 0 Å². The third kappa shape index (κ3) is 6.51. The average molecular weight is 292 g/mol. The standard InChI is InChI=1S/C16H24N2O3/c1-15(2,9-14(20)21)18-11-16(3,12-19)17-10-13-7-5-4-6-8-13/h4-8,12,17-18H,9-11H2,1-3H3,(H,20,21). The Morgan fingerprint density at radius 1 is 1.19 bits per heavy atom. The molecular formula is C16H24N2O3. The van der Waals surface area contributed by atoms with Gasteiger partial charge >= 0.3 is 5.97 Å². The fraction of sp³-hybridized carbons (Fsp3) is 0.500. The fourth-order valence-corrected chi connectivity index (χ4v) is 1.91. The van der Waals surface area contributed by atoms with E-state index in [2.05, 4.69) is 10.6 Å². The van der Waals surface area contributed by atoms with Crippen molar-refractivity contribution < 1.29 is 14.7 Å². The van der Waals surface area contributed by atoms with Gasteiger partial charge in [-0.15, -0.1) is 0 Å². The highest BCUT2D eigenvalue weighted by Crippen LogP contribution is 2.10. The van der Waals surface area contributed by atoms with Crippen LogP contribution in [0.1, 0.15) is 32.8 Å². The Bertz CT molecular complexity index is 474. The summed E-state index contributed by atoms with van der Waals surface area (Å²) in [5.41, 5.74) is -0.216. The lowest BCUT2D eigenvalue weighted by atomic mass is 9.97. The van der Waals surface area contributed by atoms with Crippen molar-refractivity contribution in [1.82, 2.24) is 10.6 Å². The van der Waals surface area contributed by atoms with Crippen LogP contribution in [0.5, 0.6) is 0 Å². The summed E-state index contributed by atoms with van der Waals surface area (Å²) in [6.07, 6.45) is 0.862. The van der Waals surface area contributed by atoms with Crippen molar-refractivity contribution in [2.45, 2.75) is 44.8 Å². The van der Waals surface area contributed by atoms with Gasteiger partial charge in [-0.1, -0.05) is 30.3 Å². The van der Waals surface area contributed by atoms with E-state index in [1.54, 1.807) is 6.92 Å². The number of hydrogen-bond acceptors (Lipinski definition) is 4. The second-order valence-electron chi connectivity index (χ2n) is 6.18. The molecule has 0 amide bonds. The van der Waals surface area contributed by atoms with E-state index in [0.717, 1.165) is 11.8 Å². The van der Waals surface area contributed by atoms with Crippen LogP contribution in [0.4, 0.5) is 0 Å². The monoisotopic (exact) mass is 292 g/mol. The molecule has 1 aromatic carbocycles. The number of carbonyl (C=O) groups excluding carboxylic acids is 1. The van der Waals surface area contributed by atoms with E-state index in [4.69, 9.17) is 5.11 Å². The first-order valence-corrected chi connectivity index (χ1v) is 6.98. The molecule has 1 atom stereocenters. The maximum absolute atomic E-state index is 11.4. The van der Waals surface area contributed by atoms with Crippen LogP contribution < -0.4 is 10.6 Å². The predicted molar refractivity (Wildman–Crippen MR) is 82.1 cm³/mol. The average Bonchev–Trinajstić information content (AvgIpc) is 2.43. The predicted octanol–water partition coefficient (Wildman–Crippen LogP) is 1.58. The molecule has 116 valence electrons. The van der Waals surface area contributed by atoms with E-state index in [1.165, 1.54) is 0 Å². The molecule has 0 saturated carbocycles. The van der Waals surface area contributed by atoms with Crippen molar-refractivity contribution in [2.75, 3.05) is 6.54 Å². The van der Waals surface area contributed by atoms with Crippen molar-refractivity contribution in [3.63, 3.8) is 0 Å². The van der Waals surface area contributed by atoms with E-state index in [1.807, 2.05) is 44.2 Å². The molecule has 0 saturated heterocycles. The van der Waals surface area contributed by atoms with Crippen LogP contribution in [0.2, 0.25) is 0 Å². The summed E-state index contributed by atoms with van der Waals surface area (Å²) in [4.78, 5) is 22.2. The van der Waals surface area contributed by atoms with Gasteiger partial charge in [-0.25, -0.2) is 0 Å². The molecule has 1 aromatic rings. The van der Waals surface area contributed by atoms with Crippen molar-refractivity contribution in [1.29, 1.82) is 0 Å². The number of aliphatic carboxylic acids is 1. The van der Waals surface area contributed by atoms with Gasteiger partial charge < -0.3 is 20.5 Å². The van der Waals surface area contributed by atoms with Gasteiger partial charge in [0.25, 0.3) is 0 Å². The van der Waals surface area contributed by atoms with Crippen LogP contribution in [0.15, 0.2) is 30.3 Å². The molecule has 0 fully saturated rings. The SMILES string of the molecule is CC(C)(CC(=O)O)NCC(C)(C=O)NCc1ccccc1. The minimum atomic E-state index is -0.863. The van der Waals surface area contributed by atoms with Gasteiger partial charge in [-0.3, -0.25) is 4.79 Å². The minimum absolute atomic E-state index is 0.000617. The molecule has 0 aromatic heterocycles. The summed E-state index contributed by atoms with van der Waals surface area (Å²) in [6, 6.07) is 9.81. The molecule has 5 heteroatoms. The fourth-order valence-electron chi connectivity index (χ4n) is 1.91. The van der Waals surface area contributed by atoms with E-state index in [0.29, 0.717) is 13.1 Å².